The van der Waals surface area contributed by atoms with E-state index in [1.807, 2.05) is 24.8 Å². The van der Waals surface area contributed by atoms with Crippen LogP contribution in [0.1, 0.15) is 25.5 Å². The molecule has 2 aromatic heterocycles. The number of nitrogens with zero attached hydrogens (tertiary/aromatic N) is 3. The van der Waals surface area contributed by atoms with Crippen LogP contribution in [0.5, 0.6) is 0 Å². The lowest BCUT2D eigenvalue weighted by atomic mass is 10.3. The Bertz CT molecular complexity index is 642. The zero-order valence-electron chi connectivity index (χ0n) is 12.4. The van der Waals surface area contributed by atoms with Gasteiger partial charge in [-0.05, 0) is 31.2 Å². The minimum Gasteiger partial charge on any atom is -0.481 e. The van der Waals surface area contributed by atoms with Gasteiger partial charge in [0, 0.05) is 18.0 Å². The second-order valence-electron chi connectivity index (χ2n) is 4.76. The Morgan fingerprint density at radius 2 is 2.29 bits per heavy atom. The summed E-state index contributed by atoms with van der Waals surface area (Å²) >= 11 is 3.11. The molecule has 0 aromatic carbocycles. The largest absolute Gasteiger partial charge is 0.481 e. The van der Waals surface area contributed by atoms with Gasteiger partial charge in [-0.2, -0.15) is 11.8 Å². The van der Waals surface area contributed by atoms with Crippen LogP contribution in [0.25, 0.3) is 11.2 Å². The maximum Gasteiger partial charge on any atom is 0.313 e. The number of aromatic nitrogens is 3. The zero-order chi connectivity index (χ0) is 15.4. The lowest BCUT2D eigenvalue weighted by Gasteiger charge is -2.15. The highest BCUT2D eigenvalue weighted by Gasteiger charge is 2.19. The molecule has 2 aromatic rings. The van der Waals surface area contributed by atoms with E-state index in [2.05, 4.69) is 28.4 Å². The van der Waals surface area contributed by atoms with Gasteiger partial charge in [0.05, 0.1) is 5.75 Å². The number of rotatable bonds is 7. The molecule has 0 bridgehead atoms. The van der Waals surface area contributed by atoms with Crippen molar-refractivity contribution in [3.8, 4) is 0 Å². The smallest absolute Gasteiger partial charge is 0.313 e. The summed E-state index contributed by atoms with van der Waals surface area (Å²) in [5, 5.41) is 9.63. The zero-order valence-corrected chi connectivity index (χ0v) is 14.0. The quantitative estimate of drug-likeness (QED) is 0.788. The first-order valence-corrected chi connectivity index (χ1v) is 8.94. The summed E-state index contributed by atoms with van der Waals surface area (Å²) in [5.41, 5.74) is 2.76. The van der Waals surface area contributed by atoms with E-state index in [1.165, 1.54) is 11.8 Å². The molecule has 0 aliphatic carbocycles. The Balaban J connectivity index is 2.44. The summed E-state index contributed by atoms with van der Waals surface area (Å²) in [7, 11) is 0. The third kappa shape index (κ3) is 3.71. The molecule has 1 unspecified atom stereocenters. The normalized spacial score (nSPS) is 12.7. The van der Waals surface area contributed by atoms with Gasteiger partial charge in [-0.25, -0.2) is 9.97 Å². The van der Waals surface area contributed by atoms with Crippen molar-refractivity contribution in [2.24, 2.45) is 0 Å². The predicted octanol–water partition coefficient (Wildman–Crippen LogP) is 3.23. The van der Waals surface area contributed by atoms with Crippen LogP contribution in [0, 0.1) is 6.92 Å². The first-order valence-electron chi connectivity index (χ1n) is 6.80. The number of pyridine rings is 1. The summed E-state index contributed by atoms with van der Waals surface area (Å²) in [6.45, 7) is 6.25. The lowest BCUT2D eigenvalue weighted by Crippen LogP contribution is -2.11. The fourth-order valence-corrected chi connectivity index (χ4v) is 3.62. The Morgan fingerprint density at radius 3 is 2.95 bits per heavy atom. The lowest BCUT2D eigenvalue weighted by molar-refractivity contribution is -0.133. The molecule has 0 spiro atoms. The van der Waals surface area contributed by atoms with Crippen LogP contribution in [-0.4, -0.2) is 42.9 Å². The third-order valence-electron chi connectivity index (χ3n) is 3.08. The van der Waals surface area contributed by atoms with Crippen LogP contribution >= 0.6 is 23.5 Å². The molecule has 0 amide bonds. The molecule has 2 rings (SSSR count). The van der Waals surface area contributed by atoms with E-state index in [-0.39, 0.29) is 11.8 Å². The Hall–Kier alpha value is -1.21. The van der Waals surface area contributed by atoms with Gasteiger partial charge in [-0.3, -0.25) is 9.36 Å². The van der Waals surface area contributed by atoms with Gasteiger partial charge in [-0.1, -0.05) is 18.7 Å². The third-order valence-corrected chi connectivity index (χ3v) is 5.14. The summed E-state index contributed by atoms with van der Waals surface area (Å²) in [6, 6.07) is 2.15. The Kier molecular flexibility index (Phi) is 5.52. The van der Waals surface area contributed by atoms with Crippen molar-refractivity contribution < 1.29 is 9.90 Å². The number of carbonyl (C=O) groups is 1. The average Bonchev–Trinajstić information content (AvgIpc) is 2.82. The maximum atomic E-state index is 10.8. The summed E-state index contributed by atoms with van der Waals surface area (Å²) in [6.07, 6.45) is 1.78. The monoisotopic (exact) mass is 325 g/mol. The van der Waals surface area contributed by atoms with Crippen molar-refractivity contribution in [2.75, 3.05) is 17.3 Å². The topological polar surface area (TPSA) is 68.0 Å². The van der Waals surface area contributed by atoms with E-state index in [9.17, 15) is 4.79 Å². The molecule has 0 fully saturated rings. The molecule has 1 N–H and O–H groups in total. The molecular formula is C14H19N3O2S2. The van der Waals surface area contributed by atoms with E-state index < -0.39 is 5.97 Å². The molecule has 0 radical (unpaired) electrons. The summed E-state index contributed by atoms with van der Waals surface area (Å²) < 4.78 is 2.07. The van der Waals surface area contributed by atoms with Gasteiger partial charge >= 0.3 is 5.97 Å². The molecule has 114 valence electrons. The number of hydrogen-bond acceptors (Lipinski definition) is 5. The summed E-state index contributed by atoms with van der Waals surface area (Å²) in [4.78, 5) is 19.9. The molecule has 0 aliphatic heterocycles. The van der Waals surface area contributed by atoms with E-state index in [0.717, 1.165) is 33.4 Å². The van der Waals surface area contributed by atoms with E-state index in [0.29, 0.717) is 0 Å². The second kappa shape index (κ2) is 7.17. The van der Waals surface area contributed by atoms with Gasteiger partial charge in [0.25, 0.3) is 0 Å². The number of aliphatic carboxylic acids is 1. The van der Waals surface area contributed by atoms with Crippen molar-refractivity contribution >= 4 is 40.7 Å². The highest BCUT2D eigenvalue weighted by atomic mass is 32.2. The van der Waals surface area contributed by atoms with Crippen LogP contribution in [0.2, 0.25) is 0 Å². The second-order valence-corrected chi connectivity index (χ2v) is 7.02. The van der Waals surface area contributed by atoms with E-state index in [1.54, 1.807) is 6.20 Å². The molecular weight excluding hydrogens is 306 g/mol. The van der Waals surface area contributed by atoms with Gasteiger partial charge in [0.1, 0.15) is 5.52 Å². The van der Waals surface area contributed by atoms with Gasteiger partial charge in [0.2, 0.25) is 0 Å². The fraction of sp³-hybridized carbons (Fsp3) is 0.500. The Morgan fingerprint density at radius 1 is 1.52 bits per heavy atom. The van der Waals surface area contributed by atoms with Crippen molar-refractivity contribution in [2.45, 2.75) is 32.0 Å². The molecule has 0 saturated carbocycles. The van der Waals surface area contributed by atoms with Crippen LogP contribution < -0.4 is 0 Å². The predicted molar refractivity (Wildman–Crippen MR) is 88.3 cm³/mol. The van der Waals surface area contributed by atoms with Crippen LogP contribution in [0.15, 0.2) is 17.4 Å². The van der Waals surface area contributed by atoms with Crippen LogP contribution in [0.3, 0.4) is 0 Å². The number of carboxylic acids is 1. The highest BCUT2D eigenvalue weighted by molar-refractivity contribution is 7.99. The molecule has 2 heterocycles. The van der Waals surface area contributed by atoms with Gasteiger partial charge < -0.3 is 5.11 Å². The fourth-order valence-electron chi connectivity index (χ4n) is 2.08. The number of aryl methyl sites for hydroxylation is 1. The first kappa shape index (κ1) is 16.2. The average molecular weight is 325 g/mol. The van der Waals surface area contributed by atoms with Crippen molar-refractivity contribution in [1.29, 1.82) is 0 Å². The Labute approximate surface area is 132 Å². The number of hydrogen-bond donors (Lipinski definition) is 1. The molecule has 5 nitrogen and oxygen atoms in total. The van der Waals surface area contributed by atoms with Crippen molar-refractivity contribution in [3.63, 3.8) is 0 Å². The van der Waals surface area contributed by atoms with Crippen LogP contribution in [0.4, 0.5) is 0 Å². The summed E-state index contributed by atoms with van der Waals surface area (Å²) in [5.74, 6) is 1.19. The van der Waals surface area contributed by atoms with Gasteiger partial charge in [0.15, 0.2) is 10.8 Å². The number of thioether (sulfide) groups is 2. The molecule has 0 aliphatic rings. The number of carboxylic acid groups (broad SMARTS) is 1. The van der Waals surface area contributed by atoms with E-state index >= 15 is 0 Å². The molecule has 7 heteroatoms. The minimum absolute atomic E-state index is 0.00993. The number of fused-ring (bicyclic) bond motifs is 1. The molecule has 0 saturated heterocycles. The van der Waals surface area contributed by atoms with Crippen molar-refractivity contribution in [1.82, 2.24) is 14.5 Å². The van der Waals surface area contributed by atoms with Gasteiger partial charge in [-0.15, -0.1) is 0 Å². The van der Waals surface area contributed by atoms with Crippen LogP contribution in [-0.2, 0) is 4.79 Å². The number of imidazole rings is 1. The standard InChI is InChI=1S/C14H19N3O2S2/c1-4-20-7-10(3)17-13-12(9(2)5-6-15-13)16-14(17)21-8-11(18)19/h5-6,10H,4,7-8H2,1-3H3,(H,18,19). The SMILES string of the molecule is CCSCC(C)n1c(SCC(=O)O)nc2c(C)ccnc21. The molecule has 21 heavy (non-hydrogen) atoms. The maximum absolute atomic E-state index is 10.8. The molecule has 1 atom stereocenters. The minimum atomic E-state index is -0.834. The first-order chi connectivity index (χ1) is 10.0. The highest BCUT2D eigenvalue weighted by Crippen LogP contribution is 2.29. The van der Waals surface area contributed by atoms with Crippen molar-refractivity contribution in [3.05, 3.63) is 17.8 Å². The van der Waals surface area contributed by atoms with E-state index in [4.69, 9.17) is 5.11 Å².